The summed E-state index contributed by atoms with van der Waals surface area (Å²) in [6.07, 6.45) is 11.2. The summed E-state index contributed by atoms with van der Waals surface area (Å²) in [5.74, 6) is 5.97. The molecular weight excluding hydrogens is 839 g/mol. The van der Waals surface area contributed by atoms with Crippen LogP contribution in [0.4, 0.5) is 0 Å². The van der Waals surface area contributed by atoms with Gasteiger partial charge in [0.05, 0.1) is 55.7 Å². The van der Waals surface area contributed by atoms with Crippen LogP contribution >= 0.6 is 0 Å². The first-order chi connectivity index (χ1) is 32.3. The molecule has 3 atom stereocenters. The number of carbonyl (C=O) groups excluding carboxylic acids is 2. The number of ketones is 1. The van der Waals surface area contributed by atoms with Crippen LogP contribution in [0.3, 0.4) is 0 Å². The molecule has 0 spiro atoms. The Kier molecular flexibility index (Phi) is 21.6. The molecule has 2 aromatic carbocycles. The van der Waals surface area contributed by atoms with E-state index in [-0.39, 0.29) is 35.2 Å². The molecule has 2 fully saturated rings. The van der Waals surface area contributed by atoms with E-state index >= 15 is 0 Å². The largest absolute Gasteiger partial charge is 0.501 e. The van der Waals surface area contributed by atoms with Crippen LogP contribution in [-0.2, 0) is 43.2 Å². The SMILES string of the molecule is C=CC(=O)N1C[B]C1.C=COCC(C)(C)Cc1c(-c2cccnc2C(C)OC)n(CC)c2ccc(-c3cccc(CC(NC(=C)C(C4COC4)N(C)C=C)C(=O)CCCCNN)c3)cc12.CN. The third-order valence-corrected chi connectivity index (χ3v) is 12.4. The van der Waals surface area contributed by atoms with Crippen LogP contribution in [0.2, 0.25) is 0 Å². The van der Waals surface area contributed by atoms with Gasteiger partial charge in [-0.3, -0.25) is 25.8 Å². The number of nitrogens with zero attached hydrogens (tertiary/aromatic N) is 4. The van der Waals surface area contributed by atoms with Crippen molar-refractivity contribution in [2.75, 3.05) is 60.5 Å². The molecule has 0 bridgehead atoms. The second kappa shape index (κ2) is 26.7. The van der Waals surface area contributed by atoms with Gasteiger partial charge in [0.1, 0.15) is 0 Å². The van der Waals surface area contributed by atoms with E-state index in [1.54, 1.807) is 12.0 Å². The lowest BCUT2D eigenvalue weighted by Crippen LogP contribution is -2.51. The molecule has 0 aliphatic carbocycles. The van der Waals surface area contributed by atoms with Crippen LogP contribution in [0.25, 0.3) is 33.3 Å². The number of hydrogen-bond acceptors (Lipinski definition) is 11. The predicted octanol–water partition coefficient (Wildman–Crippen LogP) is 7.34. The first kappa shape index (κ1) is 54.1. The lowest BCUT2D eigenvalue weighted by Gasteiger charge is -2.40. The van der Waals surface area contributed by atoms with E-state index < -0.39 is 6.04 Å². The predicted molar refractivity (Wildman–Crippen MR) is 275 cm³/mol. The summed E-state index contributed by atoms with van der Waals surface area (Å²) in [5, 5.41) is 4.77. The Morgan fingerprint density at radius 2 is 1.81 bits per heavy atom. The molecule has 67 heavy (non-hydrogen) atoms. The van der Waals surface area contributed by atoms with Gasteiger partial charge < -0.3 is 39.6 Å². The highest BCUT2D eigenvalue weighted by Gasteiger charge is 2.34. The second-order valence-electron chi connectivity index (χ2n) is 17.8. The van der Waals surface area contributed by atoms with Crippen LogP contribution < -0.4 is 22.3 Å². The van der Waals surface area contributed by atoms with Crippen LogP contribution in [0.15, 0.2) is 111 Å². The van der Waals surface area contributed by atoms with E-state index in [1.165, 1.54) is 30.3 Å². The number of ether oxygens (including phenoxy) is 3. The lowest BCUT2D eigenvalue weighted by atomic mass is 9.69. The minimum Gasteiger partial charge on any atom is -0.501 e. The molecule has 4 heterocycles. The average Bonchev–Trinajstić information content (AvgIpc) is 3.61. The fourth-order valence-electron chi connectivity index (χ4n) is 8.63. The van der Waals surface area contributed by atoms with Crippen molar-refractivity contribution < 1.29 is 23.8 Å². The van der Waals surface area contributed by atoms with Crippen molar-refractivity contribution in [2.45, 2.75) is 84.5 Å². The van der Waals surface area contributed by atoms with E-state index in [4.69, 9.17) is 25.0 Å². The summed E-state index contributed by atoms with van der Waals surface area (Å²) in [6, 6.07) is 19.0. The summed E-state index contributed by atoms with van der Waals surface area (Å²) in [4.78, 5) is 33.1. The van der Waals surface area contributed by atoms with E-state index in [1.807, 2.05) is 39.7 Å². The van der Waals surface area contributed by atoms with Crippen molar-refractivity contribution in [1.29, 1.82) is 0 Å². The quantitative estimate of drug-likeness (QED) is 0.0132. The Labute approximate surface area is 400 Å². The van der Waals surface area contributed by atoms with Gasteiger partial charge in [-0.25, -0.2) is 0 Å². The number of hydrazine groups is 1. The van der Waals surface area contributed by atoms with E-state index in [9.17, 15) is 9.59 Å². The number of nitrogens with one attached hydrogen (secondary N) is 2. The minimum absolute atomic E-state index is 0.0330. The maximum absolute atomic E-state index is 13.9. The fourth-order valence-corrected chi connectivity index (χ4v) is 8.63. The molecule has 14 heteroatoms. The van der Waals surface area contributed by atoms with Gasteiger partial charge in [-0.15, -0.1) is 0 Å². The van der Waals surface area contributed by atoms with Gasteiger partial charge in [0.25, 0.3) is 0 Å². The highest BCUT2D eigenvalue weighted by molar-refractivity contribution is 6.40. The van der Waals surface area contributed by atoms with Crippen molar-refractivity contribution in [2.24, 2.45) is 22.9 Å². The van der Waals surface area contributed by atoms with E-state index in [0.29, 0.717) is 39.2 Å². The zero-order chi connectivity index (χ0) is 49.1. The topological polar surface area (TPSA) is 162 Å². The number of fused-ring (bicyclic) bond motifs is 1. The normalized spacial score (nSPS) is 14.6. The van der Waals surface area contributed by atoms with Gasteiger partial charge in [0.2, 0.25) is 5.91 Å². The summed E-state index contributed by atoms with van der Waals surface area (Å²) in [6.45, 7) is 27.6. The van der Waals surface area contributed by atoms with Crippen LogP contribution in [0, 0.1) is 11.3 Å². The third kappa shape index (κ3) is 14.3. The molecule has 2 aliphatic heterocycles. The molecule has 1 radical (unpaired) electrons. The molecule has 2 aromatic heterocycles. The van der Waals surface area contributed by atoms with Gasteiger partial charge in [-0.1, -0.05) is 70.5 Å². The number of aryl methyl sites for hydroxylation is 1. The molecule has 2 saturated heterocycles. The van der Waals surface area contributed by atoms with Crippen molar-refractivity contribution in [1.82, 2.24) is 30.1 Å². The molecule has 6 rings (SSSR count). The highest BCUT2D eigenvalue weighted by Crippen LogP contribution is 2.42. The van der Waals surface area contributed by atoms with Crippen molar-refractivity contribution >= 4 is 29.9 Å². The lowest BCUT2D eigenvalue weighted by molar-refractivity contribution is -0.125. The molecule has 3 unspecified atom stereocenters. The van der Waals surface area contributed by atoms with Crippen molar-refractivity contribution in [3.8, 4) is 22.4 Å². The smallest absolute Gasteiger partial charge is 0.244 e. The zero-order valence-corrected chi connectivity index (χ0v) is 41.2. The molecule has 13 nitrogen and oxygen atoms in total. The second-order valence-corrected chi connectivity index (χ2v) is 17.8. The monoisotopic (exact) mass is 916 g/mol. The molecular formula is C53H76BN8O5. The van der Waals surface area contributed by atoms with Crippen LogP contribution in [0.1, 0.15) is 69.9 Å². The number of unbranched alkanes of at least 4 members (excludes halogenated alkanes) is 1. The number of methoxy groups -OCH3 is 1. The highest BCUT2D eigenvalue weighted by atomic mass is 16.5. The first-order valence-electron chi connectivity index (χ1n) is 23.4. The summed E-state index contributed by atoms with van der Waals surface area (Å²) < 4.78 is 19.5. The number of nitrogens with two attached hydrogens (primary N) is 2. The number of aromatic nitrogens is 2. The van der Waals surface area contributed by atoms with E-state index in [0.717, 1.165) is 83.6 Å². The van der Waals surface area contributed by atoms with Crippen molar-refractivity contribution in [3.63, 3.8) is 0 Å². The molecule has 4 aromatic rings. The van der Waals surface area contributed by atoms with Gasteiger partial charge in [-0.2, -0.15) is 0 Å². The Hall–Kier alpha value is -5.51. The number of benzene rings is 2. The Balaban J connectivity index is 0.000000875. The Morgan fingerprint density at radius 3 is 2.39 bits per heavy atom. The molecule has 2 aliphatic rings. The van der Waals surface area contributed by atoms with Gasteiger partial charge in [0, 0.05) is 73.4 Å². The fraction of sp³-hybridized carbons (Fsp3) is 0.453. The average molecular weight is 916 g/mol. The van der Waals surface area contributed by atoms with E-state index in [2.05, 4.69) is 122 Å². The number of carbonyl (C=O) groups is 2. The van der Waals surface area contributed by atoms with Gasteiger partial charge in [-0.05, 0) is 118 Å². The number of hydrogen-bond donors (Lipinski definition) is 4. The molecule has 1 amide bonds. The van der Waals surface area contributed by atoms with Gasteiger partial charge in [0.15, 0.2) is 13.1 Å². The summed E-state index contributed by atoms with van der Waals surface area (Å²) in [7, 11) is 7.26. The third-order valence-electron chi connectivity index (χ3n) is 12.4. The van der Waals surface area contributed by atoms with Crippen molar-refractivity contribution in [3.05, 3.63) is 128 Å². The summed E-state index contributed by atoms with van der Waals surface area (Å²) in [5.41, 5.74) is 16.6. The number of Topliss-reactive ketones (excluding diaryl/α,β-unsaturated/α-hetero) is 1. The Morgan fingerprint density at radius 1 is 1.07 bits per heavy atom. The standard InChI is InChI=1S/C47H64N6O4.C5H7BNO.CH5N/c1-10-52(8)45(37-29-57-30-37)32(4)51-41(43(54)20-13-14-24-50-48)26-34-17-15-18-35(25-34)36-21-22-42-39(27-36)40(28-47(6,7)31-56-12-3)46(53(42)11-2)38-19-16-23-49-44(38)33(5)55-9;1-2-5(8)7-3-6-4-7;1-2/h10,12,15-19,21-23,25,27,33,37,41,45,50-51H,1,3-4,11,13-14,20,24,26,28-31,48H2,2,5-9H3;2H,1,3-4H2;2H2,1H3. The minimum atomic E-state index is -0.446. The number of rotatable bonds is 25. The van der Waals surface area contributed by atoms with Crippen LogP contribution in [0.5, 0.6) is 0 Å². The zero-order valence-electron chi connectivity index (χ0n) is 41.2. The number of amides is 1. The maximum Gasteiger partial charge on any atom is 0.244 e. The molecule has 0 saturated carbocycles. The summed E-state index contributed by atoms with van der Waals surface area (Å²) >= 11 is 0. The van der Waals surface area contributed by atoms with Gasteiger partial charge >= 0.3 is 0 Å². The first-order valence-corrected chi connectivity index (χ1v) is 23.4. The molecule has 6 N–H and O–H groups in total. The molecule has 361 valence electrons. The van der Waals surface area contributed by atoms with Crippen LogP contribution in [-0.4, -0.2) is 111 Å². The maximum atomic E-state index is 13.9. The number of likely N-dealkylation sites (N-methyl/N-ethyl adjacent to an activating group) is 1. The number of pyridine rings is 1. The Bertz CT molecular complexity index is 2270.